The monoisotopic (exact) mass is 162 g/mol. The van der Waals surface area contributed by atoms with Crippen molar-refractivity contribution in [3.8, 4) is 5.75 Å². The summed E-state index contributed by atoms with van der Waals surface area (Å²) in [4.78, 5) is 0. The molecule has 0 radical (unpaired) electrons. The van der Waals surface area contributed by atoms with Gasteiger partial charge in [0.05, 0.1) is 6.10 Å². The Balaban J connectivity index is 2.56. The minimum Gasteiger partial charge on any atom is -0.508 e. The predicted octanol–water partition coefficient (Wildman–Crippen LogP) is 1.84. The van der Waals surface area contributed by atoms with Crippen molar-refractivity contribution in [1.29, 1.82) is 0 Å². The zero-order valence-corrected chi connectivity index (χ0v) is 6.57. The van der Waals surface area contributed by atoms with Gasteiger partial charge in [0.1, 0.15) is 5.75 Å². The largest absolute Gasteiger partial charge is 0.508 e. The Hall–Kier alpha value is -1.28. The van der Waals surface area contributed by atoms with Crippen molar-refractivity contribution >= 4 is 6.08 Å². The van der Waals surface area contributed by atoms with Crippen LogP contribution in [-0.2, 0) is 0 Å². The zero-order chi connectivity index (χ0) is 8.55. The number of hydrogen-bond acceptors (Lipinski definition) is 2. The van der Waals surface area contributed by atoms with Gasteiger partial charge >= 0.3 is 0 Å². The number of rotatable bonds is 0. The molecule has 1 aromatic carbocycles. The summed E-state index contributed by atoms with van der Waals surface area (Å²) in [5.74, 6) is 0.211. The summed E-state index contributed by atoms with van der Waals surface area (Å²) in [7, 11) is 0. The van der Waals surface area contributed by atoms with Gasteiger partial charge in [0.25, 0.3) is 0 Å². The van der Waals surface area contributed by atoms with Crippen molar-refractivity contribution in [1.82, 2.24) is 0 Å². The summed E-state index contributed by atoms with van der Waals surface area (Å²) >= 11 is 0. The Morgan fingerprint density at radius 3 is 3.00 bits per heavy atom. The number of phenolic OH excluding ortho intramolecular Hbond substituents is 1. The molecule has 2 nitrogen and oxygen atoms in total. The van der Waals surface area contributed by atoms with Gasteiger partial charge < -0.3 is 10.2 Å². The molecule has 1 unspecified atom stereocenters. The highest BCUT2D eigenvalue weighted by molar-refractivity contribution is 5.58. The first kappa shape index (κ1) is 7.37. The fraction of sp³-hybridized carbons (Fsp3) is 0.200. The molecule has 0 spiro atoms. The fourth-order valence-electron chi connectivity index (χ4n) is 1.45. The van der Waals surface area contributed by atoms with Gasteiger partial charge in [0.2, 0.25) is 0 Å². The molecule has 0 heterocycles. The van der Waals surface area contributed by atoms with Crippen LogP contribution >= 0.6 is 0 Å². The number of hydrogen-bond donors (Lipinski definition) is 2. The number of phenols is 1. The average Bonchev–Trinajstić information content (AvgIpc) is 2.07. The van der Waals surface area contributed by atoms with Crippen LogP contribution in [0.15, 0.2) is 24.3 Å². The van der Waals surface area contributed by atoms with E-state index in [1.807, 2.05) is 18.2 Å². The number of aromatic hydroxyl groups is 1. The van der Waals surface area contributed by atoms with Crippen LogP contribution in [0, 0.1) is 0 Å². The molecule has 0 aromatic heterocycles. The Labute approximate surface area is 70.8 Å². The number of fused-ring (bicyclic) bond motifs is 1. The molecule has 12 heavy (non-hydrogen) atoms. The molecule has 2 rings (SSSR count). The van der Waals surface area contributed by atoms with Crippen LogP contribution in [0.2, 0.25) is 0 Å². The topological polar surface area (TPSA) is 40.5 Å². The van der Waals surface area contributed by atoms with Crippen LogP contribution in [0.5, 0.6) is 5.75 Å². The van der Waals surface area contributed by atoms with Gasteiger partial charge in [-0.2, -0.15) is 0 Å². The zero-order valence-electron chi connectivity index (χ0n) is 6.57. The van der Waals surface area contributed by atoms with Gasteiger partial charge in [-0.3, -0.25) is 0 Å². The third-order valence-corrected chi connectivity index (χ3v) is 2.09. The van der Waals surface area contributed by atoms with E-state index in [1.54, 1.807) is 12.1 Å². The van der Waals surface area contributed by atoms with Crippen molar-refractivity contribution < 1.29 is 10.2 Å². The van der Waals surface area contributed by atoms with Crippen LogP contribution in [0.25, 0.3) is 6.08 Å². The summed E-state index contributed by atoms with van der Waals surface area (Å²) in [6.45, 7) is 0. The van der Waals surface area contributed by atoms with Crippen LogP contribution in [0.4, 0.5) is 0 Å². The highest BCUT2D eigenvalue weighted by Crippen LogP contribution is 2.29. The third-order valence-electron chi connectivity index (χ3n) is 2.09. The smallest absolute Gasteiger partial charge is 0.115 e. The summed E-state index contributed by atoms with van der Waals surface area (Å²) < 4.78 is 0. The van der Waals surface area contributed by atoms with Crippen LogP contribution < -0.4 is 0 Å². The molecule has 2 heteroatoms. The quantitative estimate of drug-likeness (QED) is 0.611. The average molecular weight is 162 g/mol. The van der Waals surface area contributed by atoms with Crippen LogP contribution in [0.3, 0.4) is 0 Å². The second-order valence-corrected chi connectivity index (χ2v) is 2.97. The Bertz CT molecular complexity index is 329. The van der Waals surface area contributed by atoms with E-state index in [2.05, 4.69) is 0 Å². The second-order valence-electron chi connectivity index (χ2n) is 2.97. The van der Waals surface area contributed by atoms with Gasteiger partial charge in [-0.15, -0.1) is 0 Å². The standard InChI is InChI=1S/C10H10O2/c11-8-5-4-7-2-1-3-10(12)9(7)6-8/h1-2,4-6,10-12H,3H2. The molecule has 0 amide bonds. The molecule has 62 valence electrons. The fourth-order valence-corrected chi connectivity index (χ4v) is 1.45. The molecule has 0 aliphatic heterocycles. The van der Waals surface area contributed by atoms with E-state index in [-0.39, 0.29) is 5.75 Å². The number of aliphatic hydroxyl groups is 1. The van der Waals surface area contributed by atoms with Crippen molar-refractivity contribution in [2.24, 2.45) is 0 Å². The highest BCUT2D eigenvalue weighted by atomic mass is 16.3. The number of aliphatic hydroxyl groups excluding tert-OH is 1. The maximum atomic E-state index is 9.52. The Kier molecular flexibility index (Phi) is 1.62. The Morgan fingerprint density at radius 1 is 1.33 bits per heavy atom. The van der Waals surface area contributed by atoms with Gasteiger partial charge in [0, 0.05) is 0 Å². The van der Waals surface area contributed by atoms with Gasteiger partial charge in [-0.1, -0.05) is 18.2 Å². The lowest BCUT2D eigenvalue weighted by Gasteiger charge is -2.16. The lowest BCUT2D eigenvalue weighted by molar-refractivity contribution is 0.180. The lowest BCUT2D eigenvalue weighted by atomic mass is 9.95. The highest BCUT2D eigenvalue weighted by Gasteiger charge is 2.13. The van der Waals surface area contributed by atoms with E-state index < -0.39 is 6.10 Å². The van der Waals surface area contributed by atoms with E-state index in [0.29, 0.717) is 6.42 Å². The van der Waals surface area contributed by atoms with Crippen molar-refractivity contribution in [2.45, 2.75) is 12.5 Å². The first-order valence-corrected chi connectivity index (χ1v) is 3.95. The van der Waals surface area contributed by atoms with Crippen molar-refractivity contribution in [2.75, 3.05) is 0 Å². The SMILES string of the molecule is Oc1ccc2c(c1)C(O)CC=C2. The minimum atomic E-state index is -0.461. The van der Waals surface area contributed by atoms with E-state index in [9.17, 15) is 10.2 Å². The van der Waals surface area contributed by atoms with Gasteiger partial charge in [-0.25, -0.2) is 0 Å². The molecule has 1 aliphatic rings. The molecular formula is C10H10O2. The summed E-state index contributed by atoms with van der Waals surface area (Å²) in [6, 6.07) is 5.05. The third kappa shape index (κ3) is 1.10. The maximum absolute atomic E-state index is 9.52. The molecule has 2 N–H and O–H groups in total. The number of benzene rings is 1. The van der Waals surface area contributed by atoms with E-state index in [4.69, 9.17) is 0 Å². The lowest BCUT2D eigenvalue weighted by Crippen LogP contribution is -2.01. The summed E-state index contributed by atoms with van der Waals surface area (Å²) in [6.07, 6.45) is 4.07. The molecule has 1 aliphatic carbocycles. The first-order valence-electron chi connectivity index (χ1n) is 3.95. The Morgan fingerprint density at radius 2 is 2.17 bits per heavy atom. The maximum Gasteiger partial charge on any atom is 0.115 e. The predicted molar refractivity (Wildman–Crippen MR) is 46.7 cm³/mol. The second kappa shape index (κ2) is 2.64. The molecule has 0 saturated carbocycles. The van der Waals surface area contributed by atoms with E-state index in [0.717, 1.165) is 11.1 Å². The first-order chi connectivity index (χ1) is 5.77. The molecule has 1 aromatic rings. The van der Waals surface area contributed by atoms with E-state index >= 15 is 0 Å². The van der Waals surface area contributed by atoms with Crippen molar-refractivity contribution in [3.63, 3.8) is 0 Å². The normalized spacial score (nSPS) is 20.6. The van der Waals surface area contributed by atoms with Gasteiger partial charge in [0.15, 0.2) is 0 Å². The van der Waals surface area contributed by atoms with Crippen molar-refractivity contribution in [3.05, 3.63) is 35.4 Å². The molecule has 1 atom stereocenters. The molecule has 0 bridgehead atoms. The molecule has 0 fully saturated rings. The van der Waals surface area contributed by atoms with Crippen LogP contribution in [0.1, 0.15) is 23.7 Å². The van der Waals surface area contributed by atoms with Gasteiger partial charge in [-0.05, 0) is 29.7 Å². The summed E-state index contributed by atoms with van der Waals surface area (Å²) in [5, 5.41) is 18.7. The summed E-state index contributed by atoms with van der Waals surface area (Å²) in [5.41, 5.74) is 1.81. The minimum absolute atomic E-state index is 0.211. The molecule has 0 saturated heterocycles. The molecular weight excluding hydrogens is 152 g/mol. The van der Waals surface area contributed by atoms with E-state index in [1.165, 1.54) is 0 Å². The van der Waals surface area contributed by atoms with Crippen LogP contribution in [-0.4, -0.2) is 10.2 Å².